The van der Waals surface area contributed by atoms with E-state index in [0.717, 1.165) is 25.7 Å². The molecule has 0 aliphatic heterocycles. The fourth-order valence-corrected chi connectivity index (χ4v) is 2.84. The summed E-state index contributed by atoms with van der Waals surface area (Å²) < 4.78 is 0. The topological polar surface area (TPSA) is 17.1 Å². The van der Waals surface area contributed by atoms with Crippen molar-refractivity contribution in [3.63, 3.8) is 0 Å². The van der Waals surface area contributed by atoms with Crippen LogP contribution in [0.4, 0.5) is 0 Å². The second kappa shape index (κ2) is 4.47. The third-order valence-electron chi connectivity index (χ3n) is 3.65. The number of carbonyl (C=O) groups excluding carboxylic acids is 1. The molecule has 0 saturated heterocycles. The molecule has 0 amide bonds. The Balaban J connectivity index is 0.000000853. The normalized spacial score (nSPS) is 27.9. The van der Waals surface area contributed by atoms with Crippen molar-refractivity contribution < 1.29 is 37.5 Å². The molecule has 0 N–H and O–H groups in total. The summed E-state index contributed by atoms with van der Waals surface area (Å²) in [7, 11) is 0. The zero-order valence-electron chi connectivity index (χ0n) is 8.70. The number of benzene rings is 1. The third-order valence-corrected chi connectivity index (χ3v) is 3.65. The van der Waals surface area contributed by atoms with E-state index in [0.29, 0.717) is 17.6 Å². The van der Waals surface area contributed by atoms with Crippen molar-refractivity contribution in [1.29, 1.82) is 0 Å². The Labute approximate surface area is 116 Å². The van der Waals surface area contributed by atoms with E-state index in [9.17, 15) is 4.79 Å². The van der Waals surface area contributed by atoms with Crippen molar-refractivity contribution in [2.45, 2.75) is 25.7 Å². The van der Waals surface area contributed by atoms with Crippen LogP contribution in [0.2, 0.25) is 0 Å². The van der Waals surface area contributed by atoms with Gasteiger partial charge in [0.25, 0.3) is 0 Å². The third kappa shape index (κ3) is 1.97. The number of hydrogen-bond acceptors (Lipinski definition) is 1. The number of hydrogen-bond donors (Lipinski definition) is 0. The van der Waals surface area contributed by atoms with E-state index in [1.165, 1.54) is 11.1 Å². The van der Waals surface area contributed by atoms with Gasteiger partial charge < -0.3 is 0 Å². The molecule has 2 aliphatic rings. The van der Waals surface area contributed by atoms with Gasteiger partial charge in [0.1, 0.15) is 5.78 Å². The first-order valence-corrected chi connectivity index (χ1v) is 5.36. The molecule has 2 bridgehead atoms. The van der Waals surface area contributed by atoms with Gasteiger partial charge in [-0.2, -0.15) is 35.4 Å². The van der Waals surface area contributed by atoms with Gasteiger partial charge in [0.05, 0.1) is 0 Å². The summed E-state index contributed by atoms with van der Waals surface area (Å²) in [6.07, 6.45) is 4.15. The molecular formula is C13H13OY-. The van der Waals surface area contributed by atoms with Crippen molar-refractivity contribution in [2.24, 2.45) is 11.8 Å². The van der Waals surface area contributed by atoms with Gasteiger partial charge in [-0.05, 0) is 19.3 Å². The average Bonchev–Trinajstić information content (AvgIpc) is 2.44. The van der Waals surface area contributed by atoms with Crippen LogP contribution in [0, 0.1) is 17.9 Å². The van der Waals surface area contributed by atoms with Gasteiger partial charge in [-0.25, -0.2) is 0 Å². The zero-order chi connectivity index (χ0) is 9.54. The summed E-state index contributed by atoms with van der Waals surface area (Å²) in [5.41, 5.74) is 2.73. The van der Waals surface area contributed by atoms with Crippen LogP contribution in [-0.2, 0) is 50.3 Å². The first kappa shape index (κ1) is 11.5. The van der Waals surface area contributed by atoms with Gasteiger partial charge in [-0.15, -0.1) is 0 Å². The molecule has 1 aromatic rings. The molecule has 0 unspecified atom stereocenters. The fourth-order valence-electron chi connectivity index (χ4n) is 2.84. The van der Waals surface area contributed by atoms with Gasteiger partial charge >= 0.3 is 0 Å². The Bertz CT molecular complexity index is 351. The van der Waals surface area contributed by atoms with Crippen LogP contribution in [-0.4, -0.2) is 5.78 Å². The molecule has 1 nitrogen and oxygen atoms in total. The number of ketones is 1. The van der Waals surface area contributed by atoms with Crippen LogP contribution in [0.1, 0.15) is 24.0 Å². The largest absolute Gasteiger partial charge is 0.299 e. The standard InChI is InChI=1S/C13H13O.Y/c14-13-11-5-6-12(13)8-10-4-2-1-3-9(10)7-11;/h1,3-4,11-12H,5-8H2;/q-1;/t11-,12+;/m0./s1. The molecule has 75 valence electrons. The Kier molecular flexibility index (Phi) is 3.42. The monoisotopic (exact) mass is 274 g/mol. The van der Waals surface area contributed by atoms with Crippen molar-refractivity contribution in [1.82, 2.24) is 0 Å². The molecule has 2 heteroatoms. The van der Waals surface area contributed by atoms with Crippen molar-refractivity contribution in [2.75, 3.05) is 0 Å². The zero-order valence-corrected chi connectivity index (χ0v) is 11.5. The van der Waals surface area contributed by atoms with Crippen LogP contribution in [0.3, 0.4) is 0 Å². The molecule has 1 fully saturated rings. The first-order chi connectivity index (χ1) is 6.84. The first-order valence-electron chi connectivity index (χ1n) is 5.36. The Morgan fingerprint density at radius 2 is 1.80 bits per heavy atom. The SMILES string of the molecule is O=C1[C@@H]2CC[C@H]1Cc1cc[c-]cc1C2.[Y]. The molecule has 0 heterocycles. The molecule has 15 heavy (non-hydrogen) atoms. The minimum absolute atomic E-state index is 0. The van der Waals surface area contributed by atoms with Crippen molar-refractivity contribution in [3.8, 4) is 0 Å². The van der Waals surface area contributed by atoms with Crippen LogP contribution in [0.25, 0.3) is 0 Å². The smallest absolute Gasteiger partial charge is 0.138 e. The van der Waals surface area contributed by atoms with Gasteiger partial charge in [0.15, 0.2) is 0 Å². The number of Topliss-reactive ketones (excluding diaryl/α,β-unsaturated/α-hetero) is 1. The minimum Gasteiger partial charge on any atom is -0.299 e. The molecule has 1 aromatic carbocycles. The summed E-state index contributed by atoms with van der Waals surface area (Å²) in [6.45, 7) is 0. The molecule has 1 radical (unpaired) electrons. The van der Waals surface area contributed by atoms with E-state index >= 15 is 0 Å². The van der Waals surface area contributed by atoms with Crippen molar-refractivity contribution >= 4 is 5.78 Å². The predicted octanol–water partition coefficient (Wildman–Crippen LogP) is 2.18. The second-order valence-corrected chi connectivity index (χ2v) is 4.48. The van der Waals surface area contributed by atoms with E-state index in [-0.39, 0.29) is 32.7 Å². The van der Waals surface area contributed by atoms with Gasteiger partial charge in [0, 0.05) is 44.5 Å². The molecule has 2 aliphatic carbocycles. The average molecular weight is 274 g/mol. The van der Waals surface area contributed by atoms with E-state index in [1.54, 1.807) is 0 Å². The fraction of sp³-hybridized carbons (Fsp3) is 0.462. The molecule has 3 rings (SSSR count). The molecule has 1 saturated carbocycles. The minimum atomic E-state index is 0. The van der Waals surface area contributed by atoms with E-state index in [4.69, 9.17) is 0 Å². The summed E-state index contributed by atoms with van der Waals surface area (Å²) >= 11 is 0. The summed E-state index contributed by atoms with van der Waals surface area (Å²) in [5.74, 6) is 1.15. The van der Waals surface area contributed by atoms with E-state index < -0.39 is 0 Å². The van der Waals surface area contributed by atoms with Gasteiger partial charge in [-0.1, -0.05) is 6.42 Å². The molecular weight excluding hydrogens is 261 g/mol. The number of fused-ring (bicyclic) bond motifs is 3. The molecule has 0 spiro atoms. The second-order valence-electron chi connectivity index (χ2n) is 4.48. The maximum absolute atomic E-state index is 11.9. The van der Waals surface area contributed by atoms with Crippen LogP contribution in [0.15, 0.2) is 18.2 Å². The van der Waals surface area contributed by atoms with Crippen LogP contribution >= 0.6 is 0 Å². The van der Waals surface area contributed by atoms with E-state index in [2.05, 4.69) is 18.2 Å². The maximum Gasteiger partial charge on any atom is 0.138 e. The quantitative estimate of drug-likeness (QED) is 0.663. The molecule has 2 atom stereocenters. The van der Waals surface area contributed by atoms with Gasteiger partial charge in [0.2, 0.25) is 0 Å². The summed E-state index contributed by atoms with van der Waals surface area (Å²) in [5, 5.41) is 0. The van der Waals surface area contributed by atoms with Gasteiger partial charge in [-0.3, -0.25) is 4.79 Å². The Morgan fingerprint density at radius 1 is 1.13 bits per heavy atom. The van der Waals surface area contributed by atoms with Crippen LogP contribution in [0.5, 0.6) is 0 Å². The Morgan fingerprint density at radius 3 is 2.53 bits per heavy atom. The van der Waals surface area contributed by atoms with E-state index in [1.807, 2.05) is 6.07 Å². The number of carbonyl (C=O) groups is 1. The predicted molar refractivity (Wildman–Crippen MR) is 53.9 cm³/mol. The van der Waals surface area contributed by atoms with Crippen LogP contribution < -0.4 is 0 Å². The Hall–Kier alpha value is -0.00610. The maximum atomic E-state index is 11.9. The molecule has 0 aromatic heterocycles. The van der Waals surface area contributed by atoms with Crippen molar-refractivity contribution in [3.05, 3.63) is 35.4 Å². The summed E-state index contributed by atoms with van der Waals surface area (Å²) in [4.78, 5) is 11.9. The number of rotatable bonds is 0. The summed E-state index contributed by atoms with van der Waals surface area (Å²) in [6, 6.07) is 9.26.